The first-order valence-electron chi connectivity index (χ1n) is 10.1. The minimum absolute atomic E-state index is 0.165. The van der Waals surface area contributed by atoms with E-state index >= 15 is 0 Å². The van der Waals surface area contributed by atoms with E-state index in [1.807, 2.05) is 42.5 Å². The third-order valence-corrected chi connectivity index (χ3v) is 5.15. The average Bonchev–Trinajstić information content (AvgIpc) is 2.82. The molecule has 0 saturated heterocycles. The molecule has 0 aliphatic rings. The Kier molecular flexibility index (Phi) is 6.22. The van der Waals surface area contributed by atoms with Gasteiger partial charge in [-0.1, -0.05) is 36.4 Å². The largest absolute Gasteiger partial charge is 0.496 e. The van der Waals surface area contributed by atoms with Crippen LogP contribution in [0, 0.1) is 0 Å². The predicted molar refractivity (Wildman–Crippen MR) is 121 cm³/mol. The van der Waals surface area contributed by atoms with Crippen LogP contribution in [-0.4, -0.2) is 13.0 Å². The van der Waals surface area contributed by atoms with Crippen LogP contribution in [0.15, 0.2) is 84.9 Å². The zero-order valence-electron chi connectivity index (χ0n) is 17.6. The van der Waals surface area contributed by atoms with E-state index < -0.39 is 17.6 Å². The number of amides is 1. The summed E-state index contributed by atoms with van der Waals surface area (Å²) >= 11 is 0. The maximum Gasteiger partial charge on any atom is 0.416 e. The van der Waals surface area contributed by atoms with Crippen molar-refractivity contribution in [2.45, 2.75) is 12.8 Å². The molecule has 0 unspecified atom stereocenters. The molecule has 0 aliphatic carbocycles. The lowest BCUT2D eigenvalue weighted by atomic mass is 10.1. The van der Waals surface area contributed by atoms with E-state index in [0.29, 0.717) is 22.6 Å². The fourth-order valence-corrected chi connectivity index (χ4v) is 3.46. The summed E-state index contributed by atoms with van der Waals surface area (Å²) in [5, 5.41) is 4.63. The maximum absolute atomic E-state index is 12.7. The van der Waals surface area contributed by atoms with Crippen molar-refractivity contribution < 1.29 is 27.4 Å². The summed E-state index contributed by atoms with van der Waals surface area (Å²) in [5.41, 5.74) is 0.466. The van der Waals surface area contributed by atoms with Crippen molar-refractivity contribution in [3.05, 3.63) is 102 Å². The van der Waals surface area contributed by atoms with Crippen LogP contribution in [0.1, 0.15) is 21.5 Å². The molecular formula is C26H20F3NO3. The van der Waals surface area contributed by atoms with Gasteiger partial charge >= 0.3 is 6.18 Å². The first kappa shape index (κ1) is 22.2. The number of hydrogen-bond acceptors (Lipinski definition) is 3. The maximum atomic E-state index is 12.7. The van der Waals surface area contributed by atoms with E-state index in [0.717, 1.165) is 22.9 Å². The molecule has 0 radical (unpaired) electrons. The van der Waals surface area contributed by atoms with Gasteiger partial charge in [0.25, 0.3) is 5.91 Å². The van der Waals surface area contributed by atoms with Crippen LogP contribution in [0.3, 0.4) is 0 Å². The molecule has 0 fully saturated rings. The molecule has 1 amide bonds. The van der Waals surface area contributed by atoms with Crippen molar-refractivity contribution in [2.24, 2.45) is 0 Å². The number of carbonyl (C=O) groups is 1. The Balaban J connectivity index is 1.52. The number of halogens is 3. The lowest BCUT2D eigenvalue weighted by Crippen LogP contribution is -2.13. The zero-order chi connectivity index (χ0) is 23.4. The highest BCUT2D eigenvalue weighted by molar-refractivity contribution is 6.04. The van der Waals surface area contributed by atoms with Gasteiger partial charge in [-0.3, -0.25) is 4.79 Å². The summed E-state index contributed by atoms with van der Waals surface area (Å²) in [6.07, 6.45) is -4.43. The number of nitrogens with one attached hydrogen (secondary N) is 1. The third-order valence-electron chi connectivity index (χ3n) is 5.15. The lowest BCUT2D eigenvalue weighted by molar-refractivity contribution is -0.137. The van der Waals surface area contributed by atoms with Crippen molar-refractivity contribution >= 4 is 22.4 Å². The van der Waals surface area contributed by atoms with Gasteiger partial charge in [-0.2, -0.15) is 13.2 Å². The first-order valence-corrected chi connectivity index (χ1v) is 10.1. The van der Waals surface area contributed by atoms with Crippen molar-refractivity contribution in [3.8, 4) is 11.5 Å². The van der Waals surface area contributed by atoms with Gasteiger partial charge in [0.2, 0.25) is 0 Å². The number of fused-ring (bicyclic) bond motifs is 1. The van der Waals surface area contributed by atoms with Gasteiger partial charge in [-0.15, -0.1) is 0 Å². The summed E-state index contributed by atoms with van der Waals surface area (Å²) in [7, 11) is 1.53. The number of hydrogen-bond donors (Lipinski definition) is 1. The van der Waals surface area contributed by atoms with Crippen LogP contribution in [0.4, 0.5) is 18.9 Å². The van der Waals surface area contributed by atoms with E-state index in [-0.39, 0.29) is 12.3 Å². The fraction of sp³-hybridized carbons (Fsp3) is 0.115. The molecule has 0 aliphatic heterocycles. The highest BCUT2D eigenvalue weighted by Crippen LogP contribution is 2.30. The molecule has 0 bridgehead atoms. The first-order chi connectivity index (χ1) is 15.8. The molecule has 0 spiro atoms. The number of methoxy groups -OCH3 is 1. The van der Waals surface area contributed by atoms with Gasteiger partial charge in [0.05, 0.1) is 12.7 Å². The molecule has 4 nitrogen and oxygen atoms in total. The van der Waals surface area contributed by atoms with E-state index in [4.69, 9.17) is 9.47 Å². The van der Waals surface area contributed by atoms with E-state index in [2.05, 4.69) is 5.32 Å². The molecule has 0 aromatic heterocycles. The number of ether oxygens (including phenoxy) is 2. The Morgan fingerprint density at radius 1 is 0.879 bits per heavy atom. The Labute approximate surface area is 188 Å². The van der Waals surface area contributed by atoms with Crippen LogP contribution in [0.25, 0.3) is 10.8 Å². The second-order valence-corrected chi connectivity index (χ2v) is 7.32. The van der Waals surface area contributed by atoms with Gasteiger partial charge in [0.1, 0.15) is 18.1 Å². The van der Waals surface area contributed by atoms with Crippen LogP contribution in [0.2, 0.25) is 0 Å². The Morgan fingerprint density at radius 2 is 1.61 bits per heavy atom. The van der Waals surface area contributed by atoms with Gasteiger partial charge < -0.3 is 14.8 Å². The topological polar surface area (TPSA) is 47.6 Å². The molecule has 1 N–H and O–H groups in total. The monoisotopic (exact) mass is 451 g/mol. The highest BCUT2D eigenvalue weighted by atomic mass is 19.4. The van der Waals surface area contributed by atoms with Crippen molar-refractivity contribution in [1.29, 1.82) is 0 Å². The quantitative estimate of drug-likeness (QED) is 0.355. The number of benzene rings is 4. The number of alkyl halides is 3. The van der Waals surface area contributed by atoms with Crippen LogP contribution in [-0.2, 0) is 12.8 Å². The molecule has 33 heavy (non-hydrogen) atoms. The third kappa shape index (κ3) is 5.09. The van der Waals surface area contributed by atoms with Gasteiger partial charge in [-0.25, -0.2) is 0 Å². The zero-order valence-corrected chi connectivity index (χ0v) is 17.6. The minimum Gasteiger partial charge on any atom is -0.496 e. The summed E-state index contributed by atoms with van der Waals surface area (Å²) < 4.78 is 49.6. The van der Waals surface area contributed by atoms with Crippen LogP contribution >= 0.6 is 0 Å². The van der Waals surface area contributed by atoms with E-state index in [1.54, 1.807) is 18.2 Å². The average molecular weight is 451 g/mol. The number of rotatable bonds is 6. The predicted octanol–water partition coefficient (Wildman–Crippen LogP) is 6.70. The molecule has 4 aromatic carbocycles. The Bertz CT molecular complexity index is 1280. The molecule has 4 aromatic rings. The molecule has 0 saturated carbocycles. The minimum atomic E-state index is -4.43. The van der Waals surface area contributed by atoms with Crippen LogP contribution < -0.4 is 14.8 Å². The second kappa shape index (κ2) is 9.24. The standard InChI is InChI=1S/C26H20F3NO3/c1-32-23-14-9-18(25(31)30-21-12-10-20(11-13-21)26(27,28)29)15-19(23)16-33-24-8-4-6-17-5-2-3-7-22(17)24/h2-15H,16H2,1H3,(H,30,31). The molecule has 0 heterocycles. The molecule has 0 atom stereocenters. The Hall–Kier alpha value is -4.00. The summed E-state index contributed by atoms with van der Waals surface area (Å²) in [5.74, 6) is 0.805. The van der Waals surface area contributed by atoms with Crippen molar-refractivity contribution in [1.82, 2.24) is 0 Å². The summed E-state index contributed by atoms with van der Waals surface area (Å²) in [6, 6.07) is 22.8. The van der Waals surface area contributed by atoms with Crippen LogP contribution in [0.5, 0.6) is 11.5 Å². The van der Waals surface area contributed by atoms with E-state index in [1.165, 1.54) is 19.2 Å². The van der Waals surface area contributed by atoms with Gasteiger partial charge in [0, 0.05) is 22.2 Å². The number of carbonyl (C=O) groups excluding carboxylic acids is 1. The smallest absolute Gasteiger partial charge is 0.416 e. The van der Waals surface area contributed by atoms with E-state index in [9.17, 15) is 18.0 Å². The SMILES string of the molecule is COc1ccc(C(=O)Nc2ccc(C(F)(F)F)cc2)cc1COc1cccc2ccccc12. The molecular weight excluding hydrogens is 431 g/mol. The Morgan fingerprint density at radius 3 is 2.33 bits per heavy atom. The summed E-state index contributed by atoms with van der Waals surface area (Å²) in [6.45, 7) is 0.165. The van der Waals surface area contributed by atoms with Crippen molar-refractivity contribution in [3.63, 3.8) is 0 Å². The fourth-order valence-electron chi connectivity index (χ4n) is 3.46. The molecule has 168 valence electrons. The molecule has 7 heteroatoms. The number of anilines is 1. The lowest BCUT2D eigenvalue weighted by Gasteiger charge is -2.14. The van der Waals surface area contributed by atoms with Gasteiger partial charge in [0.15, 0.2) is 0 Å². The highest BCUT2D eigenvalue weighted by Gasteiger charge is 2.30. The second-order valence-electron chi connectivity index (χ2n) is 7.32. The van der Waals surface area contributed by atoms with Crippen molar-refractivity contribution in [2.75, 3.05) is 12.4 Å². The normalized spacial score (nSPS) is 11.3. The summed E-state index contributed by atoms with van der Waals surface area (Å²) in [4.78, 5) is 12.7. The van der Waals surface area contributed by atoms with Gasteiger partial charge in [-0.05, 0) is 53.9 Å². The molecule has 4 rings (SSSR count).